The van der Waals surface area contributed by atoms with Crippen molar-refractivity contribution in [1.29, 1.82) is 0 Å². The zero-order valence-corrected chi connectivity index (χ0v) is 15.7. The van der Waals surface area contributed by atoms with Crippen molar-refractivity contribution in [3.05, 3.63) is 102 Å². The Labute approximate surface area is 168 Å². The number of carbonyl (C=O) groups excluding carboxylic acids is 1. The predicted octanol–water partition coefficient (Wildman–Crippen LogP) is 4.86. The average Bonchev–Trinajstić information content (AvgIpc) is 3.25. The third-order valence-electron chi connectivity index (χ3n) is 4.72. The number of hydrogen-bond acceptors (Lipinski definition) is 2. The SMILES string of the molecule is O=C(NCCc1ccccc1)c1ccccc1-c1cc(-c2ccc(F)cc2)n[nH]1. The van der Waals surface area contributed by atoms with Crippen molar-refractivity contribution in [3.63, 3.8) is 0 Å². The number of aromatic amines is 1. The maximum Gasteiger partial charge on any atom is 0.251 e. The summed E-state index contributed by atoms with van der Waals surface area (Å²) >= 11 is 0. The Morgan fingerprint density at radius 3 is 2.45 bits per heavy atom. The molecule has 0 aliphatic carbocycles. The molecule has 2 N–H and O–H groups in total. The summed E-state index contributed by atoms with van der Waals surface area (Å²) in [6.45, 7) is 0.557. The van der Waals surface area contributed by atoms with Gasteiger partial charge in [-0.15, -0.1) is 0 Å². The van der Waals surface area contributed by atoms with Gasteiger partial charge in [0, 0.05) is 23.2 Å². The standard InChI is InChI=1S/C24H20FN3O/c25-19-12-10-18(11-13-19)22-16-23(28-27-22)20-8-4-5-9-21(20)24(29)26-15-14-17-6-2-1-3-7-17/h1-13,16H,14-15H2,(H,26,29)(H,27,28). The Morgan fingerprint density at radius 1 is 0.931 bits per heavy atom. The lowest BCUT2D eigenvalue weighted by Crippen LogP contribution is -2.26. The largest absolute Gasteiger partial charge is 0.352 e. The lowest BCUT2D eigenvalue weighted by Gasteiger charge is -2.09. The van der Waals surface area contributed by atoms with E-state index >= 15 is 0 Å². The van der Waals surface area contributed by atoms with Crippen LogP contribution in [0.2, 0.25) is 0 Å². The second-order valence-electron chi connectivity index (χ2n) is 6.71. The first-order valence-corrected chi connectivity index (χ1v) is 9.43. The number of halogens is 1. The minimum atomic E-state index is -0.290. The van der Waals surface area contributed by atoms with E-state index in [9.17, 15) is 9.18 Å². The number of nitrogens with zero attached hydrogens (tertiary/aromatic N) is 1. The zero-order chi connectivity index (χ0) is 20.1. The fraction of sp³-hybridized carbons (Fsp3) is 0.0833. The molecule has 1 aromatic heterocycles. The highest BCUT2D eigenvalue weighted by Gasteiger charge is 2.14. The molecule has 0 saturated carbocycles. The van der Waals surface area contributed by atoms with Crippen molar-refractivity contribution in [2.75, 3.05) is 6.54 Å². The molecule has 0 aliphatic rings. The van der Waals surface area contributed by atoms with Crippen LogP contribution < -0.4 is 5.32 Å². The van der Waals surface area contributed by atoms with Crippen LogP contribution in [0.4, 0.5) is 4.39 Å². The maximum atomic E-state index is 13.2. The van der Waals surface area contributed by atoms with Crippen molar-refractivity contribution in [3.8, 4) is 22.5 Å². The average molecular weight is 385 g/mol. The fourth-order valence-corrected chi connectivity index (χ4v) is 3.20. The number of aromatic nitrogens is 2. The second-order valence-corrected chi connectivity index (χ2v) is 6.71. The van der Waals surface area contributed by atoms with Crippen molar-refractivity contribution >= 4 is 5.91 Å². The van der Waals surface area contributed by atoms with E-state index in [1.807, 2.05) is 54.6 Å². The van der Waals surface area contributed by atoms with E-state index in [-0.39, 0.29) is 11.7 Å². The van der Waals surface area contributed by atoms with Crippen LogP contribution in [0.15, 0.2) is 84.9 Å². The molecule has 0 aliphatic heterocycles. The molecule has 29 heavy (non-hydrogen) atoms. The van der Waals surface area contributed by atoms with Gasteiger partial charge in [-0.2, -0.15) is 5.10 Å². The molecule has 3 aromatic carbocycles. The summed E-state index contributed by atoms with van der Waals surface area (Å²) in [5.74, 6) is -0.420. The quantitative estimate of drug-likeness (QED) is 0.498. The van der Waals surface area contributed by atoms with Crippen LogP contribution in [0.3, 0.4) is 0 Å². The van der Waals surface area contributed by atoms with E-state index in [0.29, 0.717) is 17.8 Å². The van der Waals surface area contributed by atoms with E-state index in [1.165, 1.54) is 17.7 Å². The molecular weight excluding hydrogens is 365 g/mol. The van der Waals surface area contributed by atoms with Crippen LogP contribution in [-0.2, 0) is 6.42 Å². The van der Waals surface area contributed by atoms with Crippen LogP contribution in [0.25, 0.3) is 22.5 Å². The summed E-state index contributed by atoms with van der Waals surface area (Å²) in [6.07, 6.45) is 0.771. The van der Waals surface area contributed by atoms with Crippen molar-refractivity contribution in [2.24, 2.45) is 0 Å². The summed E-state index contributed by atoms with van der Waals surface area (Å²) in [6, 6.07) is 25.5. The number of benzene rings is 3. The van der Waals surface area contributed by atoms with E-state index in [0.717, 1.165) is 23.2 Å². The third-order valence-corrected chi connectivity index (χ3v) is 4.72. The molecule has 4 aromatic rings. The molecular formula is C24H20FN3O. The van der Waals surface area contributed by atoms with E-state index < -0.39 is 0 Å². The molecule has 1 heterocycles. The highest BCUT2D eigenvalue weighted by molar-refractivity contribution is 6.00. The highest BCUT2D eigenvalue weighted by atomic mass is 19.1. The van der Waals surface area contributed by atoms with Gasteiger partial charge in [-0.3, -0.25) is 9.89 Å². The molecule has 0 unspecified atom stereocenters. The molecule has 1 amide bonds. The van der Waals surface area contributed by atoms with Crippen LogP contribution in [0.5, 0.6) is 0 Å². The van der Waals surface area contributed by atoms with Gasteiger partial charge in [-0.25, -0.2) is 4.39 Å². The van der Waals surface area contributed by atoms with Gasteiger partial charge in [0.2, 0.25) is 0 Å². The number of carbonyl (C=O) groups is 1. The molecule has 4 rings (SSSR count). The first kappa shape index (κ1) is 18.6. The summed E-state index contributed by atoms with van der Waals surface area (Å²) in [5.41, 5.74) is 4.76. The summed E-state index contributed by atoms with van der Waals surface area (Å²) < 4.78 is 13.2. The minimum absolute atomic E-state index is 0.130. The second kappa shape index (κ2) is 8.52. The highest BCUT2D eigenvalue weighted by Crippen LogP contribution is 2.26. The van der Waals surface area contributed by atoms with Gasteiger partial charge in [0.05, 0.1) is 11.4 Å². The molecule has 4 nitrogen and oxygen atoms in total. The minimum Gasteiger partial charge on any atom is -0.352 e. The molecule has 5 heteroatoms. The van der Waals surface area contributed by atoms with Crippen molar-refractivity contribution < 1.29 is 9.18 Å². The topological polar surface area (TPSA) is 57.8 Å². The number of amides is 1. The zero-order valence-electron chi connectivity index (χ0n) is 15.7. The van der Waals surface area contributed by atoms with Gasteiger partial charge < -0.3 is 5.32 Å². The fourth-order valence-electron chi connectivity index (χ4n) is 3.20. The Kier molecular flexibility index (Phi) is 5.47. The lowest BCUT2D eigenvalue weighted by molar-refractivity contribution is 0.0954. The third kappa shape index (κ3) is 4.41. The van der Waals surface area contributed by atoms with Crippen LogP contribution in [0, 0.1) is 5.82 Å². The number of H-pyrrole nitrogens is 1. The van der Waals surface area contributed by atoms with Gasteiger partial charge in [0.15, 0.2) is 0 Å². The van der Waals surface area contributed by atoms with Crippen molar-refractivity contribution in [1.82, 2.24) is 15.5 Å². The summed E-state index contributed by atoms with van der Waals surface area (Å²) in [5, 5.41) is 10.3. The molecule has 0 radical (unpaired) electrons. The van der Waals surface area contributed by atoms with Gasteiger partial charge in [-0.05, 0) is 48.4 Å². The molecule has 0 saturated heterocycles. The number of hydrogen-bond donors (Lipinski definition) is 2. The first-order valence-electron chi connectivity index (χ1n) is 9.43. The monoisotopic (exact) mass is 385 g/mol. The van der Waals surface area contributed by atoms with E-state index in [4.69, 9.17) is 0 Å². The van der Waals surface area contributed by atoms with Gasteiger partial charge in [0.25, 0.3) is 5.91 Å². The number of rotatable bonds is 6. The molecule has 0 spiro atoms. The summed E-state index contributed by atoms with van der Waals surface area (Å²) in [4.78, 5) is 12.8. The molecule has 0 fully saturated rings. The summed E-state index contributed by atoms with van der Waals surface area (Å²) in [7, 11) is 0. The Bertz CT molecular complexity index is 1100. The molecule has 144 valence electrons. The van der Waals surface area contributed by atoms with E-state index in [2.05, 4.69) is 15.5 Å². The Balaban J connectivity index is 1.51. The Morgan fingerprint density at radius 2 is 1.66 bits per heavy atom. The smallest absolute Gasteiger partial charge is 0.251 e. The van der Waals surface area contributed by atoms with Gasteiger partial charge in [0.1, 0.15) is 5.82 Å². The normalized spacial score (nSPS) is 10.7. The Hall–Kier alpha value is -3.73. The first-order chi connectivity index (χ1) is 14.2. The maximum absolute atomic E-state index is 13.2. The van der Waals surface area contributed by atoms with Gasteiger partial charge >= 0.3 is 0 Å². The van der Waals surface area contributed by atoms with E-state index in [1.54, 1.807) is 18.2 Å². The van der Waals surface area contributed by atoms with Crippen LogP contribution in [0.1, 0.15) is 15.9 Å². The van der Waals surface area contributed by atoms with Crippen LogP contribution in [-0.4, -0.2) is 22.6 Å². The van der Waals surface area contributed by atoms with Crippen molar-refractivity contribution in [2.45, 2.75) is 6.42 Å². The van der Waals surface area contributed by atoms with Gasteiger partial charge in [-0.1, -0.05) is 48.5 Å². The number of nitrogens with one attached hydrogen (secondary N) is 2. The lowest BCUT2D eigenvalue weighted by atomic mass is 10.0. The van der Waals surface area contributed by atoms with Crippen LogP contribution >= 0.6 is 0 Å². The molecule has 0 bridgehead atoms. The predicted molar refractivity (Wildman–Crippen MR) is 112 cm³/mol. The molecule has 0 atom stereocenters.